The Balaban J connectivity index is 1.66. The minimum absolute atomic E-state index is 0.0230. The largest absolute Gasteiger partial charge is 0.339 e. The van der Waals surface area contributed by atoms with Crippen LogP contribution in [0.4, 0.5) is 0 Å². The van der Waals surface area contributed by atoms with E-state index in [-0.39, 0.29) is 31.4 Å². The second-order valence-electron chi connectivity index (χ2n) is 7.43. The van der Waals surface area contributed by atoms with E-state index in [2.05, 4.69) is 0 Å². The highest BCUT2D eigenvalue weighted by atomic mass is 32.2. The lowest BCUT2D eigenvalue weighted by atomic mass is 10.1. The molecule has 0 atom stereocenters. The second-order valence-corrected chi connectivity index (χ2v) is 9.31. The number of amides is 2. The van der Waals surface area contributed by atoms with Gasteiger partial charge in [-0.2, -0.15) is 4.31 Å². The summed E-state index contributed by atoms with van der Waals surface area (Å²) < 4.78 is 27.7. The van der Waals surface area contributed by atoms with Gasteiger partial charge < -0.3 is 9.80 Å². The Labute approximate surface area is 161 Å². The van der Waals surface area contributed by atoms with Gasteiger partial charge in [0.1, 0.15) is 0 Å². The lowest BCUT2D eigenvalue weighted by Crippen LogP contribution is -2.52. The molecule has 148 valence electrons. The molecule has 2 saturated heterocycles. The van der Waals surface area contributed by atoms with Crippen molar-refractivity contribution in [3.63, 3.8) is 0 Å². The normalized spacial score (nSPS) is 19.0. The Hall–Kier alpha value is -1.93. The Morgan fingerprint density at radius 3 is 2.11 bits per heavy atom. The molecule has 1 aromatic carbocycles. The molecular weight excluding hydrogens is 366 g/mol. The third kappa shape index (κ3) is 4.01. The number of rotatable bonds is 4. The van der Waals surface area contributed by atoms with Crippen molar-refractivity contribution in [2.45, 2.75) is 38.5 Å². The number of aryl methyl sites for hydroxylation is 3. The minimum Gasteiger partial charge on any atom is -0.339 e. The number of benzene rings is 1. The molecule has 0 N–H and O–H groups in total. The molecule has 2 amide bonds. The predicted octanol–water partition coefficient (Wildman–Crippen LogP) is 1.07. The second kappa shape index (κ2) is 7.59. The molecule has 2 fully saturated rings. The number of piperazine rings is 1. The fraction of sp³-hybridized carbons (Fsp3) is 0.579. The molecule has 0 saturated carbocycles. The summed E-state index contributed by atoms with van der Waals surface area (Å²) in [5, 5.41) is 0. The topological polar surface area (TPSA) is 78.0 Å². The van der Waals surface area contributed by atoms with E-state index in [1.807, 2.05) is 32.9 Å². The molecule has 0 aromatic heterocycles. The van der Waals surface area contributed by atoms with Crippen molar-refractivity contribution in [1.29, 1.82) is 0 Å². The van der Waals surface area contributed by atoms with Crippen LogP contribution in [0.5, 0.6) is 0 Å². The number of hydrogen-bond acceptors (Lipinski definition) is 4. The molecule has 0 spiro atoms. The predicted molar refractivity (Wildman–Crippen MR) is 102 cm³/mol. The van der Waals surface area contributed by atoms with Crippen LogP contribution in [0.25, 0.3) is 0 Å². The van der Waals surface area contributed by atoms with Gasteiger partial charge in [0, 0.05) is 39.1 Å². The van der Waals surface area contributed by atoms with Gasteiger partial charge in [0.25, 0.3) is 0 Å². The van der Waals surface area contributed by atoms with Gasteiger partial charge in [-0.05, 0) is 38.3 Å². The van der Waals surface area contributed by atoms with Crippen molar-refractivity contribution in [1.82, 2.24) is 14.1 Å². The summed E-state index contributed by atoms with van der Waals surface area (Å²) >= 11 is 0. The van der Waals surface area contributed by atoms with E-state index in [0.717, 1.165) is 23.1 Å². The summed E-state index contributed by atoms with van der Waals surface area (Å²) in [7, 11) is -3.59. The molecule has 0 aliphatic carbocycles. The summed E-state index contributed by atoms with van der Waals surface area (Å²) in [6.45, 7) is 7.57. The van der Waals surface area contributed by atoms with Gasteiger partial charge >= 0.3 is 0 Å². The van der Waals surface area contributed by atoms with E-state index >= 15 is 0 Å². The zero-order valence-corrected chi connectivity index (χ0v) is 17.0. The summed E-state index contributed by atoms with van der Waals surface area (Å²) in [5.41, 5.74) is 2.54. The van der Waals surface area contributed by atoms with Crippen LogP contribution in [-0.4, -0.2) is 73.6 Å². The van der Waals surface area contributed by atoms with Gasteiger partial charge in [0.2, 0.25) is 21.8 Å². The maximum atomic E-state index is 13.1. The van der Waals surface area contributed by atoms with Gasteiger partial charge in [0.05, 0.1) is 11.4 Å². The van der Waals surface area contributed by atoms with Crippen LogP contribution in [0.2, 0.25) is 0 Å². The Morgan fingerprint density at radius 1 is 1.00 bits per heavy atom. The average molecular weight is 394 g/mol. The molecule has 8 heteroatoms. The van der Waals surface area contributed by atoms with Crippen molar-refractivity contribution >= 4 is 21.8 Å². The van der Waals surface area contributed by atoms with E-state index in [0.29, 0.717) is 31.0 Å². The Morgan fingerprint density at radius 2 is 1.59 bits per heavy atom. The van der Waals surface area contributed by atoms with E-state index in [1.54, 1.807) is 9.80 Å². The number of sulfonamides is 1. The van der Waals surface area contributed by atoms with Crippen LogP contribution >= 0.6 is 0 Å². The van der Waals surface area contributed by atoms with Gasteiger partial charge in [-0.1, -0.05) is 17.7 Å². The summed E-state index contributed by atoms with van der Waals surface area (Å²) in [6.07, 6.45) is 1.31. The third-order valence-corrected chi connectivity index (χ3v) is 7.50. The molecule has 3 rings (SSSR count). The molecule has 2 aliphatic rings. The molecule has 2 aliphatic heterocycles. The highest BCUT2D eigenvalue weighted by molar-refractivity contribution is 7.89. The lowest BCUT2D eigenvalue weighted by Gasteiger charge is -2.35. The van der Waals surface area contributed by atoms with Gasteiger partial charge in [0.15, 0.2) is 0 Å². The first-order chi connectivity index (χ1) is 12.7. The highest BCUT2D eigenvalue weighted by Gasteiger charge is 2.33. The summed E-state index contributed by atoms with van der Waals surface area (Å²) in [6, 6.07) is 3.76. The molecule has 2 heterocycles. The van der Waals surface area contributed by atoms with Crippen LogP contribution in [0.1, 0.15) is 29.5 Å². The molecule has 1 aromatic rings. The molecule has 27 heavy (non-hydrogen) atoms. The third-order valence-electron chi connectivity index (χ3n) is 5.29. The zero-order chi connectivity index (χ0) is 19.8. The first-order valence-corrected chi connectivity index (χ1v) is 10.8. The fourth-order valence-corrected chi connectivity index (χ4v) is 5.85. The number of nitrogens with zero attached hydrogens (tertiary/aromatic N) is 3. The smallest absolute Gasteiger partial charge is 0.243 e. The quantitative estimate of drug-likeness (QED) is 0.767. The van der Waals surface area contributed by atoms with Crippen LogP contribution < -0.4 is 0 Å². The van der Waals surface area contributed by atoms with E-state index in [4.69, 9.17) is 0 Å². The van der Waals surface area contributed by atoms with E-state index in [1.165, 1.54) is 4.31 Å². The van der Waals surface area contributed by atoms with Crippen LogP contribution in [-0.2, 0) is 19.6 Å². The first kappa shape index (κ1) is 19.8. The number of carbonyl (C=O) groups is 2. The monoisotopic (exact) mass is 393 g/mol. The number of likely N-dealkylation sites (tertiary alicyclic amines) is 1. The van der Waals surface area contributed by atoms with Crippen molar-refractivity contribution < 1.29 is 18.0 Å². The maximum Gasteiger partial charge on any atom is 0.243 e. The Kier molecular flexibility index (Phi) is 5.58. The van der Waals surface area contributed by atoms with Gasteiger partial charge in [-0.25, -0.2) is 8.42 Å². The molecular formula is C19H27N3O4S. The maximum absolute atomic E-state index is 13.1. The molecule has 0 bridgehead atoms. The summed E-state index contributed by atoms with van der Waals surface area (Å²) in [5.74, 6) is -0.0834. The van der Waals surface area contributed by atoms with E-state index in [9.17, 15) is 18.0 Å². The van der Waals surface area contributed by atoms with E-state index < -0.39 is 10.0 Å². The summed E-state index contributed by atoms with van der Waals surface area (Å²) in [4.78, 5) is 27.7. The molecule has 0 unspecified atom stereocenters. The van der Waals surface area contributed by atoms with Crippen LogP contribution in [0.15, 0.2) is 17.0 Å². The fourth-order valence-electron chi connectivity index (χ4n) is 4.02. The van der Waals surface area contributed by atoms with Crippen molar-refractivity contribution in [3.05, 3.63) is 28.8 Å². The van der Waals surface area contributed by atoms with Crippen molar-refractivity contribution in [3.8, 4) is 0 Å². The first-order valence-electron chi connectivity index (χ1n) is 9.33. The highest BCUT2D eigenvalue weighted by Crippen LogP contribution is 2.26. The number of carbonyl (C=O) groups excluding carboxylic acids is 2. The Bertz CT molecular complexity index is 835. The van der Waals surface area contributed by atoms with Gasteiger partial charge in [-0.15, -0.1) is 0 Å². The van der Waals surface area contributed by atoms with Gasteiger partial charge in [-0.3, -0.25) is 9.59 Å². The standard InChI is InChI=1S/C19H27N3O4S/c1-14-11-15(2)19(16(3)12-14)27(25,26)22-9-7-20(8-10-22)18(24)13-21-6-4-5-17(21)23/h11-12H,4-10,13H2,1-3H3. The van der Waals surface area contributed by atoms with Crippen molar-refractivity contribution in [2.75, 3.05) is 39.3 Å². The molecule has 7 nitrogen and oxygen atoms in total. The number of hydrogen-bond donors (Lipinski definition) is 0. The lowest BCUT2D eigenvalue weighted by molar-refractivity contribution is -0.139. The average Bonchev–Trinajstić information content (AvgIpc) is 2.98. The minimum atomic E-state index is -3.59. The van der Waals surface area contributed by atoms with Crippen LogP contribution in [0, 0.1) is 20.8 Å². The zero-order valence-electron chi connectivity index (χ0n) is 16.2. The SMILES string of the molecule is Cc1cc(C)c(S(=O)(=O)N2CCN(C(=O)CN3CCCC3=O)CC2)c(C)c1. The van der Waals surface area contributed by atoms with Crippen LogP contribution in [0.3, 0.4) is 0 Å². The van der Waals surface area contributed by atoms with Crippen molar-refractivity contribution in [2.24, 2.45) is 0 Å². The molecule has 0 radical (unpaired) electrons.